The topological polar surface area (TPSA) is 66.8 Å². The average molecular weight is 432 g/mol. The molecule has 0 saturated heterocycles. The molecule has 1 aromatic heterocycles. The molecule has 6 nitrogen and oxygen atoms in total. The van der Waals surface area contributed by atoms with Gasteiger partial charge in [0.1, 0.15) is 0 Å². The van der Waals surface area contributed by atoms with Gasteiger partial charge in [0.25, 0.3) is 0 Å². The summed E-state index contributed by atoms with van der Waals surface area (Å²) in [6, 6.07) is 3.42. The molecule has 0 bridgehead atoms. The van der Waals surface area contributed by atoms with Crippen LogP contribution in [-0.2, 0) is 11.2 Å². The molecule has 0 aliphatic carbocycles. The molecular formula is C24H30FNO5. The number of ether oxygens (including phenoxy) is 3. The van der Waals surface area contributed by atoms with Gasteiger partial charge < -0.3 is 18.8 Å². The van der Waals surface area contributed by atoms with E-state index >= 15 is 4.39 Å². The standard InChI is InChI=1S/C24H30FNO5/c1-14(27)17-13-26-20(24(2,3)4)11-15-10-19(31-9-7-8-29-5)18(30-6)12-16(15)22(26)21(25)23(17)28/h10,12-13,20H,7-9,11H2,1-6H3. The maximum absolute atomic E-state index is 15.4. The van der Waals surface area contributed by atoms with Crippen molar-refractivity contribution in [2.24, 2.45) is 5.41 Å². The van der Waals surface area contributed by atoms with E-state index in [2.05, 4.69) is 20.8 Å². The zero-order valence-corrected chi connectivity index (χ0v) is 19.0. The number of rotatable bonds is 7. The Bertz CT molecular complexity index is 1050. The summed E-state index contributed by atoms with van der Waals surface area (Å²) in [5.74, 6) is -0.338. The molecule has 0 amide bonds. The number of ketones is 1. The van der Waals surface area contributed by atoms with Crippen molar-refractivity contribution < 1.29 is 23.4 Å². The molecule has 1 aromatic carbocycles. The Morgan fingerprint density at radius 1 is 1.19 bits per heavy atom. The average Bonchev–Trinajstić information content (AvgIpc) is 2.71. The number of hydrogen-bond donors (Lipinski definition) is 0. The molecule has 2 heterocycles. The smallest absolute Gasteiger partial charge is 0.228 e. The zero-order chi connectivity index (χ0) is 22.9. The fraction of sp³-hybridized carbons (Fsp3) is 0.500. The number of aromatic nitrogens is 1. The first-order chi connectivity index (χ1) is 14.6. The van der Waals surface area contributed by atoms with Crippen molar-refractivity contribution in [1.82, 2.24) is 4.57 Å². The predicted molar refractivity (Wildman–Crippen MR) is 117 cm³/mol. The zero-order valence-electron chi connectivity index (χ0n) is 19.0. The Balaban J connectivity index is 2.21. The van der Waals surface area contributed by atoms with E-state index < -0.39 is 17.0 Å². The largest absolute Gasteiger partial charge is 0.493 e. The van der Waals surface area contributed by atoms with Crippen molar-refractivity contribution in [2.75, 3.05) is 27.4 Å². The highest BCUT2D eigenvalue weighted by Gasteiger charge is 2.36. The van der Waals surface area contributed by atoms with Crippen LogP contribution < -0.4 is 14.9 Å². The van der Waals surface area contributed by atoms with Gasteiger partial charge >= 0.3 is 0 Å². The summed E-state index contributed by atoms with van der Waals surface area (Å²) in [5, 5.41) is 0. The fourth-order valence-corrected chi connectivity index (χ4v) is 4.03. The van der Waals surface area contributed by atoms with Crippen molar-refractivity contribution in [3.63, 3.8) is 0 Å². The van der Waals surface area contributed by atoms with Crippen LogP contribution in [0.25, 0.3) is 11.3 Å². The second-order valence-electron chi connectivity index (χ2n) is 8.94. The van der Waals surface area contributed by atoms with E-state index in [1.165, 1.54) is 20.2 Å². The van der Waals surface area contributed by atoms with E-state index in [1.54, 1.807) is 17.7 Å². The van der Waals surface area contributed by atoms with Crippen molar-refractivity contribution in [2.45, 2.75) is 46.6 Å². The molecule has 1 aliphatic rings. The molecule has 0 N–H and O–H groups in total. The Morgan fingerprint density at radius 3 is 2.48 bits per heavy atom. The Hall–Kier alpha value is -2.67. The number of Topliss-reactive ketones (excluding diaryl/α,β-unsaturated/α-hetero) is 1. The molecule has 31 heavy (non-hydrogen) atoms. The number of methoxy groups -OCH3 is 2. The summed E-state index contributed by atoms with van der Waals surface area (Å²) in [5.41, 5.74) is 0.367. The number of carbonyl (C=O) groups excluding carboxylic acids is 1. The predicted octanol–water partition coefficient (Wildman–Crippen LogP) is 4.42. The van der Waals surface area contributed by atoms with Gasteiger partial charge in [0.05, 0.1) is 25.0 Å². The molecule has 0 spiro atoms. The third kappa shape index (κ3) is 4.37. The van der Waals surface area contributed by atoms with Crippen LogP contribution in [0.4, 0.5) is 4.39 Å². The normalized spacial score (nSPS) is 15.3. The van der Waals surface area contributed by atoms with Gasteiger partial charge in [0, 0.05) is 37.9 Å². The van der Waals surface area contributed by atoms with Crippen LogP contribution in [0.5, 0.6) is 11.5 Å². The fourth-order valence-electron chi connectivity index (χ4n) is 4.03. The number of carbonyl (C=O) groups is 1. The van der Waals surface area contributed by atoms with E-state index in [0.29, 0.717) is 36.7 Å². The van der Waals surface area contributed by atoms with Crippen LogP contribution in [0.3, 0.4) is 0 Å². The quantitative estimate of drug-likeness (QED) is 0.479. The molecule has 7 heteroatoms. The molecule has 2 aromatic rings. The number of nitrogens with zero attached hydrogens (tertiary/aromatic N) is 1. The Kier molecular flexibility index (Phi) is 6.55. The first kappa shape index (κ1) is 23.0. The first-order valence-corrected chi connectivity index (χ1v) is 10.4. The number of halogens is 1. The maximum Gasteiger partial charge on any atom is 0.228 e. The number of fused-ring (bicyclic) bond motifs is 3. The summed E-state index contributed by atoms with van der Waals surface area (Å²) >= 11 is 0. The summed E-state index contributed by atoms with van der Waals surface area (Å²) in [6.45, 7) is 8.49. The first-order valence-electron chi connectivity index (χ1n) is 10.4. The van der Waals surface area contributed by atoms with Gasteiger partial charge in [-0.25, -0.2) is 4.39 Å². The van der Waals surface area contributed by atoms with Crippen LogP contribution in [0.15, 0.2) is 23.1 Å². The highest BCUT2D eigenvalue weighted by Crippen LogP contribution is 2.46. The Labute approximate surface area is 181 Å². The number of hydrogen-bond acceptors (Lipinski definition) is 5. The second-order valence-corrected chi connectivity index (χ2v) is 8.94. The van der Waals surface area contributed by atoms with E-state index in [0.717, 1.165) is 12.0 Å². The maximum atomic E-state index is 15.4. The lowest BCUT2D eigenvalue weighted by Crippen LogP contribution is -2.34. The van der Waals surface area contributed by atoms with E-state index in [9.17, 15) is 9.59 Å². The van der Waals surface area contributed by atoms with Gasteiger partial charge in [0.2, 0.25) is 5.43 Å². The van der Waals surface area contributed by atoms with Gasteiger partial charge in [-0.3, -0.25) is 9.59 Å². The molecule has 1 atom stereocenters. The molecular weight excluding hydrogens is 401 g/mol. The van der Waals surface area contributed by atoms with E-state index in [1.807, 2.05) is 6.07 Å². The molecule has 168 valence electrons. The van der Waals surface area contributed by atoms with Crippen molar-refractivity contribution in [3.05, 3.63) is 45.5 Å². The summed E-state index contributed by atoms with van der Waals surface area (Å²) < 4.78 is 33.6. The van der Waals surface area contributed by atoms with Crippen LogP contribution in [0, 0.1) is 11.2 Å². The molecule has 0 saturated carbocycles. The van der Waals surface area contributed by atoms with Crippen molar-refractivity contribution >= 4 is 5.78 Å². The SMILES string of the molecule is COCCCOc1cc2c(cc1OC)-c1c(F)c(=O)c(C(C)=O)cn1C(C(C)(C)C)C2. The monoisotopic (exact) mass is 431 g/mol. The lowest BCUT2D eigenvalue weighted by molar-refractivity contribution is 0.101. The third-order valence-electron chi connectivity index (χ3n) is 5.70. The summed E-state index contributed by atoms with van der Waals surface area (Å²) in [4.78, 5) is 24.6. The molecule has 1 aliphatic heterocycles. The summed E-state index contributed by atoms with van der Waals surface area (Å²) in [6.07, 6.45) is 2.83. The van der Waals surface area contributed by atoms with Crippen LogP contribution in [0.1, 0.15) is 56.1 Å². The molecule has 0 radical (unpaired) electrons. The number of benzene rings is 1. The van der Waals surface area contributed by atoms with Gasteiger partial charge in [-0.15, -0.1) is 0 Å². The lowest BCUT2D eigenvalue weighted by atomic mass is 9.78. The highest BCUT2D eigenvalue weighted by atomic mass is 19.1. The van der Waals surface area contributed by atoms with E-state index in [4.69, 9.17) is 14.2 Å². The van der Waals surface area contributed by atoms with Gasteiger partial charge in [-0.1, -0.05) is 20.8 Å². The Morgan fingerprint density at radius 2 is 1.90 bits per heavy atom. The van der Waals surface area contributed by atoms with Crippen LogP contribution in [0.2, 0.25) is 0 Å². The highest BCUT2D eigenvalue weighted by molar-refractivity contribution is 5.94. The minimum Gasteiger partial charge on any atom is -0.493 e. The van der Waals surface area contributed by atoms with Crippen LogP contribution in [-0.4, -0.2) is 37.8 Å². The number of pyridine rings is 1. The van der Waals surface area contributed by atoms with E-state index in [-0.39, 0.29) is 22.7 Å². The molecule has 0 fully saturated rings. The second kappa shape index (κ2) is 8.83. The molecule has 1 unspecified atom stereocenters. The summed E-state index contributed by atoms with van der Waals surface area (Å²) in [7, 11) is 3.16. The lowest BCUT2D eigenvalue weighted by Gasteiger charge is -2.39. The molecule has 3 rings (SSSR count). The minimum atomic E-state index is -0.918. The van der Waals surface area contributed by atoms with Gasteiger partial charge in [0.15, 0.2) is 23.1 Å². The van der Waals surface area contributed by atoms with Crippen LogP contribution >= 0.6 is 0 Å². The third-order valence-corrected chi connectivity index (χ3v) is 5.70. The van der Waals surface area contributed by atoms with Crippen molar-refractivity contribution in [1.29, 1.82) is 0 Å². The van der Waals surface area contributed by atoms with Gasteiger partial charge in [-0.2, -0.15) is 0 Å². The van der Waals surface area contributed by atoms with Crippen molar-refractivity contribution in [3.8, 4) is 22.8 Å². The minimum absolute atomic E-state index is 0.135. The van der Waals surface area contributed by atoms with Gasteiger partial charge in [-0.05, 0) is 36.5 Å².